The molecule has 1 unspecified atom stereocenters. The SMILES string of the molecule is CC1CCn2ncc(CO)c2C1. The lowest BCUT2D eigenvalue weighted by Crippen LogP contribution is -2.18. The zero-order valence-corrected chi connectivity index (χ0v) is 7.32. The van der Waals surface area contributed by atoms with Crippen molar-refractivity contribution in [3.05, 3.63) is 17.5 Å². The summed E-state index contributed by atoms with van der Waals surface area (Å²) in [6.45, 7) is 3.39. The molecule has 12 heavy (non-hydrogen) atoms. The van der Waals surface area contributed by atoms with Gasteiger partial charge in [0.15, 0.2) is 0 Å². The summed E-state index contributed by atoms with van der Waals surface area (Å²) in [5, 5.41) is 13.2. The molecule has 1 aliphatic rings. The van der Waals surface area contributed by atoms with Gasteiger partial charge in [0, 0.05) is 17.8 Å². The van der Waals surface area contributed by atoms with Gasteiger partial charge in [-0.15, -0.1) is 0 Å². The van der Waals surface area contributed by atoms with E-state index >= 15 is 0 Å². The van der Waals surface area contributed by atoms with Crippen molar-refractivity contribution >= 4 is 0 Å². The maximum Gasteiger partial charge on any atom is 0.0715 e. The zero-order valence-electron chi connectivity index (χ0n) is 7.32. The van der Waals surface area contributed by atoms with E-state index in [0.29, 0.717) is 0 Å². The van der Waals surface area contributed by atoms with E-state index < -0.39 is 0 Å². The average molecular weight is 166 g/mol. The first-order valence-electron chi connectivity index (χ1n) is 4.45. The predicted octanol–water partition coefficient (Wildman–Crippen LogP) is 0.958. The maximum atomic E-state index is 9.02. The maximum absolute atomic E-state index is 9.02. The molecule has 1 N–H and O–H groups in total. The molecule has 2 rings (SSSR count). The van der Waals surface area contributed by atoms with Crippen LogP contribution in [0.25, 0.3) is 0 Å². The third kappa shape index (κ3) is 1.14. The van der Waals surface area contributed by atoms with Gasteiger partial charge >= 0.3 is 0 Å². The van der Waals surface area contributed by atoms with Crippen LogP contribution < -0.4 is 0 Å². The van der Waals surface area contributed by atoms with E-state index in [0.717, 1.165) is 24.4 Å². The van der Waals surface area contributed by atoms with E-state index in [1.54, 1.807) is 6.20 Å². The number of hydrogen-bond acceptors (Lipinski definition) is 2. The highest BCUT2D eigenvalue weighted by atomic mass is 16.3. The fourth-order valence-electron chi connectivity index (χ4n) is 1.79. The van der Waals surface area contributed by atoms with Crippen molar-refractivity contribution in [2.45, 2.75) is 32.9 Å². The van der Waals surface area contributed by atoms with E-state index in [-0.39, 0.29) is 6.61 Å². The van der Waals surface area contributed by atoms with E-state index in [4.69, 9.17) is 5.11 Å². The number of fused-ring (bicyclic) bond motifs is 1. The minimum atomic E-state index is 0.127. The van der Waals surface area contributed by atoms with Gasteiger partial charge in [0.1, 0.15) is 0 Å². The van der Waals surface area contributed by atoms with Crippen molar-refractivity contribution in [3.63, 3.8) is 0 Å². The first-order valence-corrected chi connectivity index (χ1v) is 4.45. The Morgan fingerprint density at radius 2 is 2.58 bits per heavy atom. The molecule has 0 saturated heterocycles. The van der Waals surface area contributed by atoms with Crippen LogP contribution in [0.3, 0.4) is 0 Å². The molecular weight excluding hydrogens is 152 g/mol. The Bertz CT molecular complexity index is 267. The van der Waals surface area contributed by atoms with Crippen LogP contribution in [0, 0.1) is 5.92 Å². The Morgan fingerprint density at radius 3 is 3.33 bits per heavy atom. The molecule has 0 aromatic carbocycles. The van der Waals surface area contributed by atoms with Gasteiger partial charge in [0.2, 0.25) is 0 Å². The molecule has 1 aromatic rings. The number of rotatable bonds is 1. The molecule has 0 radical (unpaired) electrons. The van der Waals surface area contributed by atoms with Crippen LogP contribution in [-0.2, 0) is 19.6 Å². The highest BCUT2D eigenvalue weighted by Crippen LogP contribution is 2.22. The van der Waals surface area contributed by atoms with Crippen LogP contribution in [0.2, 0.25) is 0 Å². The van der Waals surface area contributed by atoms with Crippen molar-refractivity contribution in [2.75, 3.05) is 0 Å². The lowest BCUT2D eigenvalue weighted by Gasteiger charge is -2.20. The van der Waals surface area contributed by atoms with Crippen molar-refractivity contribution in [1.29, 1.82) is 0 Å². The zero-order chi connectivity index (χ0) is 8.55. The largest absolute Gasteiger partial charge is 0.392 e. The Balaban J connectivity index is 2.34. The second kappa shape index (κ2) is 2.90. The second-order valence-electron chi connectivity index (χ2n) is 3.60. The van der Waals surface area contributed by atoms with Gasteiger partial charge in [-0.2, -0.15) is 5.10 Å². The third-order valence-electron chi connectivity index (χ3n) is 2.58. The molecule has 2 heterocycles. The van der Waals surface area contributed by atoms with Crippen molar-refractivity contribution in [3.8, 4) is 0 Å². The first-order chi connectivity index (χ1) is 5.81. The Labute approximate surface area is 72.0 Å². The molecule has 3 nitrogen and oxygen atoms in total. The summed E-state index contributed by atoms with van der Waals surface area (Å²) in [7, 11) is 0. The van der Waals surface area contributed by atoms with Gasteiger partial charge in [-0.3, -0.25) is 4.68 Å². The first kappa shape index (κ1) is 7.80. The minimum Gasteiger partial charge on any atom is -0.392 e. The molecule has 1 aliphatic heterocycles. The van der Waals surface area contributed by atoms with E-state index in [2.05, 4.69) is 12.0 Å². The third-order valence-corrected chi connectivity index (χ3v) is 2.58. The molecule has 0 spiro atoms. The van der Waals surface area contributed by atoms with Crippen LogP contribution >= 0.6 is 0 Å². The summed E-state index contributed by atoms with van der Waals surface area (Å²) in [6.07, 6.45) is 4.06. The smallest absolute Gasteiger partial charge is 0.0715 e. The van der Waals surface area contributed by atoms with Crippen LogP contribution in [0.5, 0.6) is 0 Å². The molecule has 66 valence electrons. The highest BCUT2D eigenvalue weighted by molar-refractivity contribution is 5.18. The second-order valence-corrected chi connectivity index (χ2v) is 3.60. The van der Waals surface area contributed by atoms with Crippen LogP contribution in [0.15, 0.2) is 6.20 Å². The number of nitrogens with zero attached hydrogens (tertiary/aromatic N) is 2. The number of hydrogen-bond donors (Lipinski definition) is 1. The van der Waals surface area contributed by atoms with Crippen molar-refractivity contribution < 1.29 is 5.11 Å². The molecule has 0 aliphatic carbocycles. The summed E-state index contributed by atoms with van der Waals surface area (Å²) in [4.78, 5) is 0. The molecule has 3 heteroatoms. The lowest BCUT2D eigenvalue weighted by molar-refractivity contribution is 0.277. The molecule has 0 amide bonds. The van der Waals surface area contributed by atoms with Gasteiger partial charge in [-0.05, 0) is 18.8 Å². The number of aliphatic hydroxyl groups is 1. The fraction of sp³-hybridized carbons (Fsp3) is 0.667. The highest BCUT2D eigenvalue weighted by Gasteiger charge is 2.18. The van der Waals surface area contributed by atoms with Gasteiger partial charge in [0.05, 0.1) is 12.8 Å². The molecule has 1 atom stereocenters. The van der Waals surface area contributed by atoms with E-state index in [1.165, 1.54) is 12.1 Å². The standard InChI is InChI=1S/C9H14N2O/c1-7-2-3-11-9(4-7)8(6-12)5-10-11/h5,7,12H,2-4,6H2,1H3. The molecule has 0 bridgehead atoms. The minimum absolute atomic E-state index is 0.127. The summed E-state index contributed by atoms with van der Waals surface area (Å²) >= 11 is 0. The summed E-state index contributed by atoms with van der Waals surface area (Å²) in [5.74, 6) is 0.736. The average Bonchev–Trinajstić information content (AvgIpc) is 2.46. The predicted molar refractivity (Wildman–Crippen MR) is 45.6 cm³/mol. The number of aromatic nitrogens is 2. The lowest BCUT2D eigenvalue weighted by atomic mass is 9.97. The summed E-state index contributed by atoms with van der Waals surface area (Å²) in [5.41, 5.74) is 2.23. The Hall–Kier alpha value is -0.830. The molecular formula is C9H14N2O. The van der Waals surface area contributed by atoms with E-state index in [1.807, 2.05) is 4.68 Å². The van der Waals surface area contributed by atoms with Gasteiger partial charge in [0.25, 0.3) is 0 Å². The number of aliphatic hydroxyl groups excluding tert-OH is 1. The molecule has 0 fully saturated rings. The van der Waals surface area contributed by atoms with E-state index in [9.17, 15) is 0 Å². The van der Waals surface area contributed by atoms with Crippen LogP contribution in [-0.4, -0.2) is 14.9 Å². The van der Waals surface area contributed by atoms with Crippen LogP contribution in [0.1, 0.15) is 24.6 Å². The van der Waals surface area contributed by atoms with Crippen molar-refractivity contribution in [2.24, 2.45) is 5.92 Å². The molecule has 1 aromatic heterocycles. The van der Waals surface area contributed by atoms with Gasteiger partial charge in [-0.25, -0.2) is 0 Å². The normalized spacial score (nSPS) is 22.3. The topological polar surface area (TPSA) is 38.0 Å². The van der Waals surface area contributed by atoms with Gasteiger partial charge < -0.3 is 5.11 Å². The summed E-state index contributed by atoms with van der Waals surface area (Å²) in [6, 6.07) is 0. The quantitative estimate of drug-likeness (QED) is 0.674. The fourth-order valence-corrected chi connectivity index (χ4v) is 1.79. The Kier molecular flexibility index (Phi) is 1.89. The summed E-state index contributed by atoms with van der Waals surface area (Å²) < 4.78 is 2.02. The monoisotopic (exact) mass is 166 g/mol. The number of aryl methyl sites for hydroxylation is 1. The van der Waals surface area contributed by atoms with Gasteiger partial charge in [-0.1, -0.05) is 6.92 Å². The molecule has 0 saturated carbocycles. The Morgan fingerprint density at radius 1 is 1.75 bits per heavy atom. The van der Waals surface area contributed by atoms with Crippen LogP contribution in [0.4, 0.5) is 0 Å². The van der Waals surface area contributed by atoms with Crippen molar-refractivity contribution in [1.82, 2.24) is 9.78 Å².